The number of nitrogens with zero attached hydrogens (tertiary/aromatic N) is 6. The first-order valence-corrected chi connectivity index (χ1v) is 20.9. The molecule has 2 aromatic heterocycles. The van der Waals surface area contributed by atoms with E-state index in [9.17, 15) is 0 Å². The standard InChI is InChI=1S/C56H42N6/c1-35-14-5-9-19-45(35)53-57-51(58-54(61-53)46-20-10-6-15-36(46)2)41-28-24-39(25-29-41)43-32-33-50-44(34-43)18-13-23-49(50)40-26-30-42(31-27-40)52-59-55(47-21-11-7-16-37(47)3)62-56(60-52)48-22-12-8-17-38(48)4/h5-34H,1-4H3. The van der Waals surface area contributed by atoms with Gasteiger partial charge in [0.15, 0.2) is 34.9 Å². The predicted molar refractivity (Wildman–Crippen MR) is 253 cm³/mol. The van der Waals surface area contributed by atoms with Crippen molar-refractivity contribution in [3.8, 4) is 90.6 Å². The van der Waals surface area contributed by atoms with Gasteiger partial charge in [0.1, 0.15) is 0 Å². The maximum absolute atomic E-state index is 5.01. The van der Waals surface area contributed by atoms with Gasteiger partial charge in [-0.2, -0.15) is 0 Å². The van der Waals surface area contributed by atoms with Gasteiger partial charge in [-0.3, -0.25) is 0 Å². The molecule has 0 unspecified atom stereocenters. The van der Waals surface area contributed by atoms with Crippen LogP contribution < -0.4 is 0 Å². The highest BCUT2D eigenvalue weighted by Crippen LogP contribution is 2.35. The van der Waals surface area contributed by atoms with Crippen molar-refractivity contribution in [1.82, 2.24) is 29.9 Å². The Hall–Kier alpha value is -7.96. The lowest BCUT2D eigenvalue weighted by atomic mass is 9.94. The SMILES string of the molecule is Cc1ccccc1-c1nc(-c2ccc(-c3ccc4c(-c5ccc(-c6nc(-c7ccccc7C)nc(-c7ccccc7C)n6)cc5)cccc4c3)cc2)nc(-c2ccccc2C)n1. The number of hydrogen-bond donors (Lipinski definition) is 0. The Bertz CT molecular complexity index is 3150. The summed E-state index contributed by atoms with van der Waals surface area (Å²) >= 11 is 0. The molecule has 0 amide bonds. The smallest absolute Gasteiger partial charge is 0.164 e. The second kappa shape index (κ2) is 16.2. The number of aryl methyl sites for hydroxylation is 4. The van der Waals surface area contributed by atoms with E-state index in [0.717, 1.165) is 77.9 Å². The third-order valence-corrected chi connectivity index (χ3v) is 11.6. The first kappa shape index (κ1) is 38.3. The molecular formula is C56H42N6. The third kappa shape index (κ3) is 7.43. The predicted octanol–water partition coefficient (Wildman–Crippen LogP) is 13.8. The van der Waals surface area contributed by atoms with Gasteiger partial charge in [-0.05, 0) is 89.0 Å². The number of aromatic nitrogens is 6. The minimum atomic E-state index is 0.644. The fourth-order valence-corrected chi connectivity index (χ4v) is 8.11. The molecule has 0 aliphatic heterocycles. The van der Waals surface area contributed by atoms with Crippen LogP contribution in [0.5, 0.6) is 0 Å². The first-order chi connectivity index (χ1) is 30.4. The third-order valence-electron chi connectivity index (χ3n) is 11.6. The van der Waals surface area contributed by atoms with Crippen LogP contribution in [0.3, 0.4) is 0 Å². The normalized spacial score (nSPS) is 11.2. The van der Waals surface area contributed by atoms with Crippen LogP contribution in [-0.4, -0.2) is 29.9 Å². The van der Waals surface area contributed by atoms with Gasteiger partial charge in [0.2, 0.25) is 0 Å². The molecule has 0 aliphatic carbocycles. The lowest BCUT2D eigenvalue weighted by molar-refractivity contribution is 1.07. The maximum Gasteiger partial charge on any atom is 0.164 e. The van der Waals surface area contributed by atoms with Crippen LogP contribution >= 0.6 is 0 Å². The molecule has 6 nitrogen and oxygen atoms in total. The summed E-state index contributed by atoms with van der Waals surface area (Å²) in [6.07, 6.45) is 0. The minimum Gasteiger partial charge on any atom is -0.208 e. The molecule has 0 fully saturated rings. The van der Waals surface area contributed by atoms with E-state index in [4.69, 9.17) is 29.9 Å². The van der Waals surface area contributed by atoms with E-state index in [0.29, 0.717) is 34.9 Å². The number of rotatable bonds is 8. The summed E-state index contributed by atoms with van der Waals surface area (Å²) in [5.74, 6) is 3.96. The lowest BCUT2D eigenvalue weighted by Crippen LogP contribution is -2.01. The molecule has 8 aromatic carbocycles. The van der Waals surface area contributed by atoms with Gasteiger partial charge in [0, 0.05) is 33.4 Å². The molecule has 0 saturated heterocycles. The fourth-order valence-electron chi connectivity index (χ4n) is 8.11. The van der Waals surface area contributed by atoms with Crippen molar-refractivity contribution in [1.29, 1.82) is 0 Å². The van der Waals surface area contributed by atoms with Gasteiger partial charge >= 0.3 is 0 Å². The molecule has 6 heteroatoms. The highest BCUT2D eigenvalue weighted by molar-refractivity contribution is 5.99. The van der Waals surface area contributed by atoms with Gasteiger partial charge in [-0.25, -0.2) is 29.9 Å². The molecule has 10 rings (SSSR count). The average Bonchev–Trinajstić information content (AvgIpc) is 3.31. The zero-order valence-corrected chi connectivity index (χ0v) is 35.0. The highest BCUT2D eigenvalue weighted by atomic mass is 15.0. The van der Waals surface area contributed by atoms with Gasteiger partial charge in [-0.15, -0.1) is 0 Å². The maximum atomic E-state index is 5.01. The monoisotopic (exact) mass is 798 g/mol. The Morgan fingerprint density at radius 1 is 0.242 bits per heavy atom. The van der Waals surface area contributed by atoms with E-state index >= 15 is 0 Å². The van der Waals surface area contributed by atoms with Crippen molar-refractivity contribution in [3.05, 3.63) is 204 Å². The Labute approximate surface area is 361 Å². The minimum absolute atomic E-state index is 0.644. The second-order valence-corrected chi connectivity index (χ2v) is 15.8. The molecule has 296 valence electrons. The summed E-state index contributed by atoms with van der Waals surface area (Å²) < 4.78 is 0. The molecule has 62 heavy (non-hydrogen) atoms. The Balaban J connectivity index is 0.960. The van der Waals surface area contributed by atoms with Crippen molar-refractivity contribution < 1.29 is 0 Å². The average molecular weight is 799 g/mol. The van der Waals surface area contributed by atoms with Crippen LogP contribution in [0.2, 0.25) is 0 Å². The molecule has 0 saturated carbocycles. The molecule has 0 N–H and O–H groups in total. The Kier molecular flexibility index (Phi) is 10.0. The Morgan fingerprint density at radius 2 is 0.565 bits per heavy atom. The van der Waals surface area contributed by atoms with Crippen LogP contribution in [0.15, 0.2) is 182 Å². The van der Waals surface area contributed by atoms with Crippen molar-refractivity contribution in [2.24, 2.45) is 0 Å². The molecule has 0 radical (unpaired) electrons. The van der Waals surface area contributed by atoms with E-state index < -0.39 is 0 Å². The lowest BCUT2D eigenvalue weighted by Gasteiger charge is -2.12. The van der Waals surface area contributed by atoms with E-state index in [1.807, 2.05) is 48.5 Å². The zero-order chi connectivity index (χ0) is 42.2. The van der Waals surface area contributed by atoms with Crippen LogP contribution in [-0.2, 0) is 0 Å². The summed E-state index contributed by atoms with van der Waals surface area (Å²) in [5.41, 5.74) is 14.9. The van der Waals surface area contributed by atoms with Gasteiger partial charge in [0.25, 0.3) is 0 Å². The largest absolute Gasteiger partial charge is 0.208 e. The van der Waals surface area contributed by atoms with Crippen molar-refractivity contribution >= 4 is 10.8 Å². The van der Waals surface area contributed by atoms with E-state index in [1.165, 1.54) is 10.8 Å². The zero-order valence-electron chi connectivity index (χ0n) is 35.0. The molecule has 0 spiro atoms. The van der Waals surface area contributed by atoms with Crippen molar-refractivity contribution in [2.75, 3.05) is 0 Å². The summed E-state index contributed by atoms with van der Waals surface area (Å²) in [4.78, 5) is 30.0. The second-order valence-electron chi connectivity index (χ2n) is 15.8. The van der Waals surface area contributed by atoms with Gasteiger partial charge < -0.3 is 0 Å². The van der Waals surface area contributed by atoms with Crippen LogP contribution in [0.25, 0.3) is 101 Å². The molecule has 10 aromatic rings. The number of fused-ring (bicyclic) bond motifs is 1. The summed E-state index contributed by atoms with van der Waals surface area (Å²) in [5, 5.41) is 2.35. The van der Waals surface area contributed by atoms with Gasteiger partial charge in [0.05, 0.1) is 0 Å². The number of benzene rings is 8. The quantitative estimate of drug-likeness (QED) is 0.152. The molecule has 0 bridgehead atoms. The summed E-state index contributed by atoms with van der Waals surface area (Å²) in [7, 11) is 0. The van der Waals surface area contributed by atoms with Crippen molar-refractivity contribution in [2.45, 2.75) is 27.7 Å². The van der Waals surface area contributed by atoms with Crippen molar-refractivity contribution in [3.63, 3.8) is 0 Å². The Morgan fingerprint density at radius 3 is 0.968 bits per heavy atom. The molecule has 2 heterocycles. The first-order valence-electron chi connectivity index (χ1n) is 20.9. The van der Waals surface area contributed by atoms with Crippen LogP contribution in [0.1, 0.15) is 22.3 Å². The van der Waals surface area contributed by atoms with E-state index in [-0.39, 0.29) is 0 Å². The van der Waals surface area contributed by atoms with Crippen LogP contribution in [0, 0.1) is 27.7 Å². The fraction of sp³-hybridized carbons (Fsp3) is 0.0714. The molecular weight excluding hydrogens is 757 g/mol. The summed E-state index contributed by atoms with van der Waals surface area (Å²) in [6.45, 7) is 8.36. The number of hydrogen-bond acceptors (Lipinski definition) is 6. The topological polar surface area (TPSA) is 77.3 Å². The molecule has 0 aliphatic rings. The molecule has 0 atom stereocenters. The van der Waals surface area contributed by atoms with Crippen LogP contribution in [0.4, 0.5) is 0 Å². The van der Waals surface area contributed by atoms with E-state index in [2.05, 4.69) is 161 Å². The highest BCUT2D eigenvalue weighted by Gasteiger charge is 2.17. The summed E-state index contributed by atoms with van der Waals surface area (Å²) in [6, 6.07) is 63.2. The van der Waals surface area contributed by atoms with Gasteiger partial charge in [-0.1, -0.05) is 176 Å². The van der Waals surface area contributed by atoms with E-state index in [1.54, 1.807) is 0 Å².